The molecule has 1 amide bonds. The van der Waals surface area contributed by atoms with Crippen LogP contribution in [-0.4, -0.2) is 27.7 Å². The molecule has 0 fully saturated rings. The number of nitrogens with two attached hydrogens (primary N) is 1. The maximum absolute atomic E-state index is 12.2. The number of rotatable bonds is 6. The number of anilines is 2. The van der Waals surface area contributed by atoms with E-state index in [-0.39, 0.29) is 17.8 Å². The van der Waals surface area contributed by atoms with Crippen molar-refractivity contribution >= 4 is 50.7 Å². The number of carbonyl (C=O) groups is 1. The second kappa shape index (κ2) is 8.69. The molecule has 0 aliphatic carbocycles. The van der Waals surface area contributed by atoms with Crippen molar-refractivity contribution in [2.75, 3.05) is 16.8 Å². The molecule has 3 heterocycles. The summed E-state index contributed by atoms with van der Waals surface area (Å²) in [7, 11) is 0. The fourth-order valence-corrected chi connectivity index (χ4v) is 5.30. The highest BCUT2D eigenvalue weighted by molar-refractivity contribution is 7.99. The van der Waals surface area contributed by atoms with E-state index < -0.39 is 0 Å². The standard InChI is InChI=1S/C21H24N4O2S2/c1-3-4-14-9-15-16(10-27-14)29-20-18(15)19(22)24-21(25-20)28-11-17(26)23-13-7-5-12(2)6-8-13/h5-8,14H,3-4,9-11H2,1-2H3,(H,23,26)(H2,22,24,25)/t14-/m1/s1. The average molecular weight is 429 g/mol. The third kappa shape index (κ3) is 4.55. The minimum absolute atomic E-state index is 0.0950. The molecule has 1 aromatic carbocycles. The highest BCUT2D eigenvalue weighted by Gasteiger charge is 2.25. The van der Waals surface area contributed by atoms with Gasteiger partial charge in [0.05, 0.1) is 23.8 Å². The van der Waals surface area contributed by atoms with E-state index in [1.54, 1.807) is 11.3 Å². The number of aromatic nitrogens is 2. The van der Waals surface area contributed by atoms with Crippen LogP contribution in [-0.2, 0) is 22.6 Å². The zero-order valence-corrected chi connectivity index (χ0v) is 18.2. The highest BCUT2D eigenvalue weighted by atomic mass is 32.2. The van der Waals surface area contributed by atoms with E-state index in [4.69, 9.17) is 10.5 Å². The monoisotopic (exact) mass is 428 g/mol. The number of hydrogen-bond acceptors (Lipinski definition) is 7. The van der Waals surface area contributed by atoms with Crippen LogP contribution in [0.2, 0.25) is 0 Å². The first kappa shape index (κ1) is 20.1. The van der Waals surface area contributed by atoms with E-state index in [2.05, 4.69) is 22.2 Å². The molecule has 1 aliphatic heterocycles. The number of amides is 1. The topological polar surface area (TPSA) is 90.1 Å². The highest BCUT2D eigenvalue weighted by Crippen LogP contribution is 2.38. The van der Waals surface area contributed by atoms with Gasteiger partial charge in [-0.25, -0.2) is 9.97 Å². The van der Waals surface area contributed by atoms with Gasteiger partial charge < -0.3 is 15.8 Å². The third-order valence-electron chi connectivity index (χ3n) is 4.90. The Morgan fingerprint density at radius 2 is 2.14 bits per heavy atom. The number of ether oxygens (including phenoxy) is 1. The number of nitrogens with zero attached hydrogens (tertiary/aromatic N) is 2. The van der Waals surface area contributed by atoms with Gasteiger partial charge in [-0.3, -0.25) is 4.79 Å². The molecule has 0 radical (unpaired) electrons. The molecule has 0 unspecified atom stereocenters. The molecular formula is C21H24N4O2S2. The van der Waals surface area contributed by atoms with E-state index in [0.29, 0.717) is 17.6 Å². The van der Waals surface area contributed by atoms with Gasteiger partial charge in [-0.15, -0.1) is 11.3 Å². The Hall–Kier alpha value is -2.16. The Morgan fingerprint density at radius 1 is 1.34 bits per heavy atom. The fraction of sp³-hybridized carbons (Fsp3) is 0.381. The van der Waals surface area contributed by atoms with E-state index in [1.807, 2.05) is 31.2 Å². The predicted molar refractivity (Wildman–Crippen MR) is 120 cm³/mol. The van der Waals surface area contributed by atoms with Gasteiger partial charge in [0.2, 0.25) is 5.91 Å². The largest absolute Gasteiger partial charge is 0.383 e. The van der Waals surface area contributed by atoms with Crippen LogP contribution < -0.4 is 11.1 Å². The minimum Gasteiger partial charge on any atom is -0.383 e. The maximum atomic E-state index is 12.2. The first-order chi connectivity index (χ1) is 14.0. The number of aryl methyl sites for hydroxylation is 1. The summed E-state index contributed by atoms with van der Waals surface area (Å²) < 4.78 is 5.95. The molecule has 6 nitrogen and oxygen atoms in total. The molecule has 152 valence electrons. The van der Waals surface area contributed by atoms with Crippen LogP contribution >= 0.6 is 23.1 Å². The molecule has 4 rings (SSSR count). The van der Waals surface area contributed by atoms with Gasteiger partial charge in [0, 0.05) is 17.0 Å². The summed E-state index contributed by atoms with van der Waals surface area (Å²) >= 11 is 2.91. The van der Waals surface area contributed by atoms with Crippen molar-refractivity contribution in [1.82, 2.24) is 9.97 Å². The summed E-state index contributed by atoms with van der Waals surface area (Å²) in [5, 5.41) is 4.37. The zero-order valence-electron chi connectivity index (χ0n) is 16.5. The molecule has 1 aliphatic rings. The zero-order chi connectivity index (χ0) is 20.4. The second-order valence-corrected chi connectivity index (χ2v) is 9.23. The lowest BCUT2D eigenvalue weighted by Gasteiger charge is -2.22. The van der Waals surface area contributed by atoms with Crippen molar-refractivity contribution in [1.29, 1.82) is 0 Å². The summed E-state index contributed by atoms with van der Waals surface area (Å²) in [6, 6.07) is 7.71. The number of fused-ring (bicyclic) bond motifs is 3. The predicted octanol–water partition coefficient (Wildman–Crippen LogP) is 4.55. The molecule has 8 heteroatoms. The molecule has 0 saturated heterocycles. The molecule has 0 spiro atoms. The molecule has 0 saturated carbocycles. The number of thiophene rings is 1. The van der Waals surface area contributed by atoms with E-state index in [1.165, 1.54) is 22.2 Å². The summed E-state index contributed by atoms with van der Waals surface area (Å²) in [5.74, 6) is 0.625. The number of carbonyl (C=O) groups excluding carboxylic acids is 1. The van der Waals surface area contributed by atoms with Gasteiger partial charge in [0.1, 0.15) is 10.6 Å². The normalized spacial score (nSPS) is 16.0. The first-order valence-corrected chi connectivity index (χ1v) is 11.5. The molecule has 2 aromatic heterocycles. The van der Waals surface area contributed by atoms with Gasteiger partial charge in [-0.2, -0.15) is 0 Å². The van der Waals surface area contributed by atoms with Gasteiger partial charge in [0.15, 0.2) is 5.16 Å². The van der Waals surface area contributed by atoms with Gasteiger partial charge >= 0.3 is 0 Å². The van der Waals surface area contributed by atoms with Gasteiger partial charge in [-0.1, -0.05) is 42.8 Å². The summed E-state index contributed by atoms with van der Waals surface area (Å²) in [6.07, 6.45) is 3.24. The summed E-state index contributed by atoms with van der Waals surface area (Å²) in [4.78, 5) is 23.4. The number of benzene rings is 1. The van der Waals surface area contributed by atoms with E-state index >= 15 is 0 Å². The average Bonchev–Trinajstić information content (AvgIpc) is 3.07. The SMILES string of the molecule is CCC[C@@H]1Cc2c(sc3nc(SCC(=O)Nc4ccc(C)cc4)nc(N)c23)CO1. The summed E-state index contributed by atoms with van der Waals surface area (Å²) in [6.45, 7) is 4.79. The van der Waals surface area contributed by atoms with Crippen molar-refractivity contribution < 1.29 is 9.53 Å². The summed E-state index contributed by atoms with van der Waals surface area (Å²) in [5.41, 5.74) is 9.46. The van der Waals surface area contributed by atoms with Crippen LogP contribution in [0.15, 0.2) is 29.4 Å². The minimum atomic E-state index is -0.0950. The van der Waals surface area contributed by atoms with Gasteiger partial charge in [-0.05, 0) is 31.0 Å². The number of thioether (sulfide) groups is 1. The number of hydrogen-bond donors (Lipinski definition) is 2. The first-order valence-electron chi connectivity index (χ1n) is 9.72. The maximum Gasteiger partial charge on any atom is 0.234 e. The van der Waals surface area contributed by atoms with Crippen LogP contribution in [0.5, 0.6) is 0 Å². The van der Waals surface area contributed by atoms with Crippen molar-refractivity contribution in [3.63, 3.8) is 0 Å². The Morgan fingerprint density at radius 3 is 2.90 bits per heavy atom. The molecule has 3 aromatic rings. The lowest BCUT2D eigenvalue weighted by atomic mass is 10.0. The van der Waals surface area contributed by atoms with Crippen LogP contribution in [0, 0.1) is 6.92 Å². The van der Waals surface area contributed by atoms with Crippen molar-refractivity contribution in [2.24, 2.45) is 0 Å². The lowest BCUT2D eigenvalue weighted by Crippen LogP contribution is -2.21. The third-order valence-corrected chi connectivity index (χ3v) is 6.85. The van der Waals surface area contributed by atoms with Crippen LogP contribution in [0.25, 0.3) is 10.2 Å². The van der Waals surface area contributed by atoms with Crippen LogP contribution in [0.1, 0.15) is 35.8 Å². The quantitative estimate of drug-likeness (QED) is 0.442. The molecule has 1 atom stereocenters. The Labute approximate surface area is 178 Å². The second-order valence-electron chi connectivity index (χ2n) is 7.20. The molecular weight excluding hydrogens is 404 g/mol. The molecule has 0 bridgehead atoms. The number of nitrogen functional groups attached to an aromatic ring is 1. The van der Waals surface area contributed by atoms with Crippen LogP contribution in [0.4, 0.5) is 11.5 Å². The fourth-order valence-electron chi connectivity index (χ4n) is 3.46. The van der Waals surface area contributed by atoms with Crippen molar-refractivity contribution in [2.45, 2.75) is 51.0 Å². The van der Waals surface area contributed by atoms with Gasteiger partial charge in [0.25, 0.3) is 0 Å². The lowest BCUT2D eigenvalue weighted by molar-refractivity contribution is -0.113. The smallest absolute Gasteiger partial charge is 0.234 e. The van der Waals surface area contributed by atoms with E-state index in [9.17, 15) is 4.79 Å². The van der Waals surface area contributed by atoms with Crippen LogP contribution in [0.3, 0.4) is 0 Å². The van der Waals surface area contributed by atoms with Crippen molar-refractivity contribution in [3.8, 4) is 0 Å². The Bertz CT molecular complexity index is 1030. The Kier molecular flexibility index (Phi) is 6.03. The molecule has 3 N–H and O–H groups in total. The number of nitrogens with one attached hydrogen (secondary N) is 1. The Balaban J connectivity index is 1.46. The molecule has 29 heavy (non-hydrogen) atoms. The van der Waals surface area contributed by atoms with E-state index in [0.717, 1.165) is 40.7 Å². The van der Waals surface area contributed by atoms with Crippen molar-refractivity contribution in [3.05, 3.63) is 40.3 Å².